The molecular formula is C30H24ClN3O5S2. The monoisotopic (exact) mass is 605 g/mol. The highest BCUT2D eigenvalue weighted by atomic mass is 35.5. The summed E-state index contributed by atoms with van der Waals surface area (Å²) in [7, 11) is 1.56. The first kappa shape index (κ1) is 27.3. The number of Topliss-reactive ketones (excluding diaryl/α,β-unsaturated/α-hetero) is 1. The predicted octanol–water partition coefficient (Wildman–Crippen LogP) is 6.44. The van der Waals surface area contributed by atoms with Crippen molar-refractivity contribution in [3.05, 3.63) is 99.6 Å². The van der Waals surface area contributed by atoms with Crippen molar-refractivity contribution in [2.45, 2.75) is 35.6 Å². The molecular weight excluding hydrogens is 582 g/mol. The van der Waals surface area contributed by atoms with Crippen LogP contribution in [0.25, 0.3) is 5.76 Å². The number of amides is 1. The van der Waals surface area contributed by atoms with Crippen LogP contribution in [0.4, 0.5) is 5.13 Å². The number of aliphatic hydroxyl groups excluding tert-OH is 1. The molecule has 1 aromatic heterocycles. The molecule has 2 aliphatic heterocycles. The number of anilines is 1. The Morgan fingerprint density at radius 1 is 1.12 bits per heavy atom. The van der Waals surface area contributed by atoms with Crippen LogP contribution >= 0.6 is 34.7 Å². The first-order valence-corrected chi connectivity index (χ1v) is 15.0. The zero-order chi connectivity index (χ0) is 28.7. The zero-order valence-corrected chi connectivity index (χ0v) is 24.4. The molecule has 2 atom stereocenters. The number of rotatable bonds is 7. The van der Waals surface area contributed by atoms with Crippen LogP contribution in [0.3, 0.4) is 0 Å². The van der Waals surface area contributed by atoms with E-state index in [4.69, 9.17) is 21.1 Å². The van der Waals surface area contributed by atoms with Crippen molar-refractivity contribution in [2.24, 2.45) is 0 Å². The molecule has 1 N–H and O–H groups in total. The summed E-state index contributed by atoms with van der Waals surface area (Å²) in [6.07, 6.45) is 0.713. The van der Waals surface area contributed by atoms with E-state index in [0.717, 1.165) is 16.9 Å². The molecule has 3 heterocycles. The van der Waals surface area contributed by atoms with Gasteiger partial charge in [-0.15, -0.1) is 10.2 Å². The fourth-order valence-electron chi connectivity index (χ4n) is 4.94. The van der Waals surface area contributed by atoms with E-state index in [1.807, 2.05) is 37.3 Å². The standard InChI is InChI=1S/C30H24ClN3O5S2/c1-16-13-20-14-19(7-12-23(20)39-16)26(35)24-25(18-5-10-22(38-2)11-6-18)34(28(37)27(24)36)29-32-33-30(41-29)40-15-17-3-8-21(31)9-4-17/h3-12,14,16,25,35H,13,15H2,1-2H3/b26-24+/t16-,25+/m1/s1. The van der Waals surface area contributed by atoms with E-state index in [2.05, 4.69) is 10.2 Å². The van der Waals surface area contributed by atoms with Gasteiger partial charge in [-0.3, -0.25) is 14.5 Å². The molecule has 0 aliphatic carbocycles. The molecule has 2 aliphatic rings. The smallest absolute Gasteiger partial charge is 0.301 e. The first-order valence-electron chi connectivity index (χ1n) is 12.8. The zero-order valence-electron chi connectivity index (χ0n) is 22.0. The number of fused-ring (bicyclic) bond motifs is 1. The second-order valence-corrected chi connectivity index (χ2v) is 12.3. The highest BCUT2D eigenvalue weighted by Crippen LogP contribution is 2.45. The number of carbonyl (C=O) groups excluding carboxylic acids is 2. The third kappa shape index (κ3) is 5.30. The van der Waals surface area contributed by atoms with Crippen molar-refractivity contribution in [1.29, 1.82) is 0 Å². The number of thioether (sulfide) groups is 1. The fourth-order valence-corrected chi connectivity index (χ4v) is 6.89. The van der Waals surface area contributed by atoms with Crippen LogP contribution in [0, 0.1) is 0 Å². The molecule has 1 amide bonds. The Morgan fingerprint density at radius 3 is 2.61 bits per heavy atom. The summed E-state index contributed by atoms with van der Waals surface area (Å²) < 4.78 is 11.7. The molecule has 0 saturated carbocycles. The minimum Gasteiger partial charge on any atom is -0.507 e. The lowest BCUT2D eigenvalue weighted by Crippen LogP contribution is -2.29. The number of benzene rings is 3. The van der Waals surface area contributed by atoms with Crippen molar-refractivity contribution in [1.82, 2.24) is 10.2 Å². The molecule has 4 aromatic rings. The average molecular weight is 606 g/mol. The van der Waals surface area contributed by atoms with E-state index in [0.29, 0.717) is 38.4 Å². The van der Waals surface area contributed by atoms with E-state index >= 15 is 0 Å². The molecule has 1 saturated heterocycles. The summed E-state index contributed by atoms with van der Waals surface area (Å²) in [5, 5.41) is 21.0. The van der Waals surface area contributed by atoms with Crippen molar-refractivity contribution in [3.63, 3.8) is 0 Å². The largest absolute Gasteiger partial charge is 0.507 e. The molecule has 8 nitrogen and oxygen atoms in total. The molecule has 11 heteroatoms. The molecule has 41 heavy (non-hydrogen) atoms. The number of aromatic nitrogens is 2. The molecule has 0 unspecified atom stereocenters. The number of nitrogens with zero attached hydrogens (tertiary/aromatic N) is 3. The van der Waals surface area contributed by atoms with Crippen molar-refractivity contribution >= 4 is 57.3 Å². The predicted molar refractivity (Wildman–Crippen MR) is 159 cm³/mol. The highest BCUT2D eigenvalue weighted by Gasteiger charge is 2.48. The molecule has 6 rings (SSSR count). The SMILES string of the molecule is COc1ccc([C@H]2/C(=C(\O)c3ccc4c(c3)C[C@@H](C)O4)C(=O)C(=O)N2c2nnc(SCc3ccc(Cl)cc3)s2)cc1. The number of carbonyl (C=O) groups is 2. The third-order valence-corrected chi connectivity index (χ3v) is 9.30. The van der Waals surface area contributed by atoms with Gasteiger partial charge in [0.05, 0.1) is 18.7 Å². The van der Waals surface area contributed by atoms with E-state index in [-0.39, 0.29) is 22.6 Å². The fraction of sp³-hybridized carbons (Fsp3) is 0.200. The maximum Gasteiger partial charge on any atom is 0.301 e. The van der Waals surface area contributed by atoms with Crippen LogP contribution in [0.1, 0.15) is 35.2 Å². The van der Waals surface area contributed by atoms with Crippen molar-refractivity contribution in [2.75, 3.05) is 12.0 Å². The Bertz CT molecular complexity index is 1670. The molecule has 3 aromatic carbocycles. The normalized spacial score (nSPS) is 19.3. The number of ketones is 1. The Balaban J connectivity index is 1.38. The average Bonchev–Trinajstić information content (AvgIpc) is 3.67. The van der Waals surface area contributed by atoms with E-state index in [9.17, 15) is 14.7 Å². The van der Waals surface area contributed by atoms with Gasteiger partial charge in [-0.1, -0.05) is 59.0 Å². The minimum atomic E-state index is -0.911. The minimum absolute atomic E-state index is 0.0161. The summed E-state index contributed by atoms with van der Waals surface area (Å²) in [4.78, 5) is 28.4. The van der Waals surface area contributed by atoms with E-state index in [1.54, 1.807) is 43.5 Å². The van der Waals surface area contributed by atoms with Gasteiger partial charge in [-0.05, 0) is 66.1 Å². The lowest BCUT2D eigenvalue weighted by atomic mass is 9.94. The summed E-state index contributed by atoms with van der Waals surface area (Å²) in [6.45, 7) is 1.97. The van der Waals surface area contributed by atoms with Gasteiger partial charge in [0.1, 0.15) is 23.4 Å². The molecule has 0 radical (unpaired) electrons. The Labute approximate surface area is 249 Å². The van der Waals surface area contributed by atoms with Crippen LogP contribution in [0.2, 0.25) is 5.02 Å². The Morgan fingerprint density at radius 2 is 1.88 bits per heavy atom. The Kier molecular flexibility index (Phi) is 7.46. The quantitative estimate of drug-likeness (QED) is 0.0844. The van der Waals surface area contributed by atoms with E-state index in [1.165, 1.54) is 28.0 Å². The Hall–Kier alpha value is -3.86. The van der Waals surface area contributed by atoms with Crippen LogP contribution in [-0.2, 0) is 21.8 Å². The summed E-state index contributed by atoms with van der Waals surface area (Å²) in [5.74, 6) is 0.174. The van der Waals surface area contributed by atoms with Gasteiger partial charge in [0.2, 0.25) is 5.13 Å². The van der Waals surface area contributed by atoms with Gasteiger partial charge in [-0.25, -0.2) is 0 Å². The molecule has 208 valence electrons. The molecule has 0 bridgehead atoms. The third-order valence-electron chi connectivity index (χ3n) is 6.92. The second kappa shape index (κ2) is 11.2. The number of methoxy groups -OCH3 is 1. The number of halogens is 1. The van der Waals surface area contributed by atoms with Gasteiger partial charge in [0.25, 0.3) is 5.78 Å². The second-order valence-electron chi connectivity index (χ2n) is 9.66. The van der Waals surface area contributed by atoms with Crippen LogP contribution in [-0.4, -0.2) is 40.2 Å². The van der Waals surface area contributed by atoms with Gasteiger partial charge in [0, 0.05) is 22.8 Å². The van der Waals surface area contributed by atoms with Crippen molar-refractivity contribution in [3.8, 4) is 11.5 Å². The summed E-state index contributed by atoms with van der Waals surface area (Å²) in [6, 6.07) is 18.9. The lowest BCUT2D eigenvalue weighted by molar-refractivity contribution is -0.132. The summed E-state index contributed by atoms with van der Waals surface area (Å²) >= 11 is 8.67. The topological polar surface area (TPSA) is 102 Å². The maximum atomic E-state index is 13.5. The van der Waals surface area contributed by atoms with Crippen LogP contribution in [0.15, 0.2) is 76.6 Å². The summed E-state index contributed by atoms with van der Waals surface area (Å²) in [5.41, 5.74) is 3.04. The van der Waals surface area contributed by atoms with Gasteiger partial charge in [0.15, 0.2) is 4.34 Å². The van der Waals surface area contributed by atoms with Crippen LogP contribution < -0.4 is 14.4 Å². The number of hydrogen-bond acceptors (Lipinski definition) is 9. The highest BCUT2D eigenvalue weighted by molar-refractivity contribution is 8.00. The van der Waals surface area contributed by atoms with Crippen LogP contribution in [0.5, 0.6) is 11.5 Å². The number of hydrogen-bond donors (Lipinski definition) is 1. The number of aliphatic hydroxyl groups is 1. The van der Waals surface area contributed by atoms with Crippen molar-refractivity contribution < 1.29 is 24.2 Å². The van der Waals surface area contributed by atoms with Gasteiger partial charge < -0.3 is 14.6 Å². The maximum absolute atomic E-state index is 13.5. The lowest BCUT2D eigenvalue weighted by Gasteiger charge is -2.22. The molecule has 1 fully saturated rings. The van der Waals surface area contributed by atoms with E-state index < -0.39 is 17.7 Å². The number of ether oxygens (including phenoxy) is 2. The van der Waals surface area contributed by atoms with Gasteiger partial charge in [-0.2, -0.15) is 0 Å². The van der Waals surface area contributed by atoms with Gasteiger partial charge >= 0.3 is 5.91 Å². The first-order chi connectivity index (χ1) is 19.8. The molecule has 0 spiro atoms.